The first-order chi connectivity index (χ1) is 11.4. The molecule has 0 saturated carbocycles. The van der Waals surface area contributed by atoms with Crippen LogP contribution in [-0.2, 0) is 14.8 Å². The molecule has 1 unspecified atom stereocenters. The zero-order valence-corrected chi connectivity index (χ0v) is 15.2. The Hall–Kier alpha value is -2.17. The molecule has 0 spiro atoms. The molecule has 1 rings (SSSR count). The Morgan fingerprint density at radius 3 is 2.40 bits per heavy atom. The minimum Gasteiger partial charge on any atom is -0.495 e. The highest BCUT2D eigenvalue weighted by atomic mass is 32.2. The number of amides is 1. The van der Waals surface area contributed by atoms with E-state index in [0.29, 0.717) is 0 Å². The van der Waals surface area contributed by atoms with Crippen molar-refractivity contribution in [1.82, 2.24) is 10.0 Å². The first-order valence-electron chi connectivity index (χ1n) is 7.35. The minimum atomic E-state index is -3.91. The Balaban J connectivity index is 3.13. The molecule has 1 amide bonds. The van der Waals surface area contributed by atoms with Crippen LogP contribution in [-0.4, -0.2) is 55.8 Å². The lowest BCUT2D eigenvalue weighted by molar-refractivity contribution is -0.155. The molecule has 9 nitrogen and oxygen atoms in total. The van der Waals surface area contributed by atoms with E-state index in [9.17, 15) is 23.1 Å². The fourth-order valence-electron chi connectivity index (χ4n) is 1.83. The number of sulfonamides is 1. The summed E-state index contributed by atoms with van der Waals surface area (Å²) in [5.74, 6) is -2.17. The number of aliphatic hydroxyl groups is 1. The monoisotopic (exact) mass is 374 g/mol. The molecular formula is C15H22N2O7S. The normalized spacial score (nSPS) is 14.0. The van der Waals surface area contributed by atoms with Gasteiger partial charge in [-0.1, -0.05) is 0 Å². The molecule has 0 aliphatic rings. The van der Waals surface area contributed by atoms with Gasteiger partial charge < -0.3 is 20.3 Å². The van der Waals surface area contributed by atoms with E-state index in [-0.39, 0.29) is 22.3 Å². The molecule has 0 saturated heterocycles. The summed E-state index contributed by atoms with van der Waals surface area (Å²) < 4.78 is 32.1. The molecular weight excluding hydrogens is 352 g/mol. The number of hydrogen-bond donors (Lipinski definition) is 4. The van der Waals surface area contributed by atoms with Gasteiger partial charge in [-0.15, -0.1) is 0 Å². The van der Waals surface area contributed by atoms with Crippen molar-refractivity contribution < 1.29 is 33.0 Å². The number of ether oxygens (including phenoxy) is 1. The minimum absolute atomic E-state index is 0.0221. The maximum absolute atomic E-state index is 12.4. The van der Waals surface area contributed by atoms with Gasteiger partial charge in [0.1, 0.15) is 10.6 Å². The molecule has 0 heterocycles. The lowest BCUT2D eigenvalue weighted by atomic mass is 10.1. The summed E-state index contributed by atoms with van der Waals surface area (Å²) in [6, 6.07) is 3.41. The van der Waals surface area contributed by atoms with Crippen LogP contribution in [0.15, 0.2) is 23.1 Å². The third-order valence-corrected chi connectivity index (χ3v) is 4.84. The molecule has 0 bridgehead atoms. The Kier molecular flexibility index (Phi) is 6.52. The van der Waals surface area contributed by atoms with Crippen LogP contribution < -0.4 is 14.8 Å². The van der Waals surface area contributed by atoms with Crippen LogP contribution in [0.4, 0.5) is 0 Å². The quantitative estimate of drug-likeness (QED) is 0.499. The molecule has 0 aliphatic carbocycles. The second-order valence-electron chi connectivity index (χ2n) is 5.90. The summed E-state index contributed by atoms with van der Waals surface area (Å²) in [5, 5.41) is 20.7. The van der Waals surface area contributed by atoms with Crippen molar-refractivity contribution in [2.75, 3.05) is 13.7 Å². The number of nitrogens with one attached hydrogen (secondary N) is 2. The van der Waals surface area contributed by atoms with Gasteiger partial charge in [-0.3, -0.25) is 4.79 Å². The third-order valence-electron chi connectivity index (χ3n) is 3.16. The van der Waals surface area contributed by atoms with Crippen LogP contribution >= 0.6 is 0 Å². The van der Waals surface area contributed by atoms with Gasteiger partial charge in [-0.25, -0.2) is 17.9 Å². The standard InChI is InChI=1S/C15H22N2O7S/c1-9(2)17-25(22,23)12-7-10(5-6-11(12)24-4)13(18)16-8-15(3,21)14(19)20/h5-7,9,17,21H,8H2,1-4H3,(H,16,18)(H,19,20). The van der Waals surface area contributed by atoms with E-state index in [4.69, 9.17) is 9.84 Å². The van der Waals surface area contributed by atoms with Crippen molar-refractivity contribution in [3.8, 4) is 5.75 Å². The van der Waals surface area contributed by atoms with E-state index in [1.807, 2.05) is 0 Å². The highest BCUT2D eigenvalue weighted by Gasteiger charge is 2.30. The number of carbonyl (C=O) groups excluding carboxylic acids is 1. The van der Waals surface area contributed by atoms with E-state index in [1.54, 1.807) is 13.8 Å². The van der Waals surface area contributed by atoms with Crippen molar-refractivity contribution in [2.24, 2.45) is 0 Å². The molecule has 1 aromatic carbocycles. The van der Waals surface area contributed by atoms with Crippen LogP contribution in [0.5, 0.6) is 5.75 Å². The number of benzene rings is 1. The predicted molar refractivity (Wildman–Crippen MR) is 89.0 cm³/mol. The van der Waals surface area contributed by atoms with E-state index >= 15 is 0 Å². The second kappa shape index (κ2) is 7.81. The number of carboxylic acids is 1. The van der Waals surface area contributed by atoms with Gasteiger partial charge in [0, 0.05) is 11.6 Å². The third kappa shape index (κ3) is 5.41. The van der Waals surface area contributed by atoms with Gasteiger partial charge in [0.25, 0.3) is 5.91 Å². The smallest absolute Gasteiger partial charge is 0.337 e. The van der Waals surface area contributed by atoms with E-state index < -0.39 is 34.0 Å². The number of carbonyl (C=O) groups is 2. The average molecular weight is 374 g/mol. The van der Waals surface area contributed by atoms with E-state index in [2.05, 4.69) is 10.0 Å². The highest BCUT2D eigenvalue weighted by molar-refractivity contribution is 7.89. The zero-order chi connectivity index (χ0) is 19.4. The number of carboxylic acid groups (broad SMARTS) is 1. The first kappa shape index (κ1) is 20.9. The van der Waals surface area contributed by atoms with Crippen molar-refractivity contribution >= 4 is 21.9 Å². The molecule has 140 valence electrons. The Labute approximate surface area is 146 Å². The molecule has 0 aromatic heterocycles. The van der Waals surface area contributed by atoms with Gasteiger partial charge in [-0.2, -0.15) is 0 Å². The topological polar surface area (TPSA) is 142 Å². The maximum Gasteiger partial charge on any atom is 0.337 e. The number of methoxy groups -OCH3 is 1. The number of aliphatic carboxylic acids is 1. The Morgan fingerprint density at radius 1 is 1.32 bits per heavy atom. The molecule has 10 heteroatoms. The number of hydrogen-bond acceptors (Lipinski definition) is 6. The van der Waals surface area contributed by atoms with Gasteiger partial charge in [0.15, 0.2) is 5.60 Å². The molecule has 1 atom stereocenters. The SMILES string of the molecule is COc1ccc(C(=O)NCC(C)(O)C(=O)O)cc1S(=O)(=O)NC(C)C. The predicted octanol–water partition coefficient (Wildman–Crippen LogP) is -0.0527. The molecule has 1 aromatic rings. The van der Waals surface area contributed by atoms with Crippen molar-refractivity contribution in [3.05, 3.63) is 23.8 Å². The van der Waals surface area contributed by atoms with Gasteiger partial charge >= 0.3 is 5.97 Å². The van der Waals surface area contributed by atoms with Crippen LogP contribution in [0.25, 0.3) is 0 Å². The largest absolute Gasteiger partial charge is 0.495 e. The fraction of sp³-hybridized carbons (Fsp3) is 0.467. The fourth-order valence-corrected chi connectivity index (χ4v) is 3.28. The zero-order valence-electron chi connectivity index (χ0n) is 14.4. The number of rotatable bonds is 8. The van der Waals surface area contributed by atoms with Crippen LogP contribution in [0.2, 0.25) is 0 Å². The van der Waals surface area contributed by atoms with Crippen LogP contribution in [0, 0.1) is 0 Å². The van der Waals surface area contributed by atoms with Crippen LogP contribution in [0.3, 0.4) is 0 Å². The summed E-state index contributed by atoms with van der Waals surface area (Å²) in [6.45, 7) is 3.79. The summed E-state index contributed by atoms with van der Waals surface area (Å²) in [6.07, 6.45) is 0. The summed E-state index contributed by atoms with van der Waals surface area (Å²) in [5.41, 5.74) is -2.16. The van der Waals surface area contributed by atoms with Gasteiger partial charge in [-0.05, 0) is 39.0 Å². The van der Waals surface area contributed by atoms with E-state index in [1.165, 1.54) is 19.2 Å². The second-order valence-corrected chi connectivity index (χ2v) is 7.59. The molecule has 25 heavy (non-hydrogen) atoms. The first-order valence-corrected chi connectivity index (χ1v) is 8.83. The van der Waals surface area contributed by atoms with Crippen LogP contribution in [0.1, 0.15) is 31.1 Å². The van der Waals surface area contributed by atoms with Crippen molar-refractivity contribution in [3.63, 3.8) is 0 Å². The average Bonchev–Trinajstić information content (AvgIpc) is 2.50. The maximum atomic E-state index is 12.4. The molecule has 0 aliphatic heterocycles. The molecule has 0 radical (unpaired) electrons. The lowest BCUT2D eigenvalue weighted by Crippen LogP contribution is -2.46. The summed E-state index contributed by atoms with van der Waals surface area (Å²) in [4.78, 5) is 22.8. The molecule has 0 fully saturated rings. The Morgan fingerprint density at radius 2 is 1.92 bits per heavy atom. The van der Waals surface area contributed by atoms with Gasteiger partial charge in [0.2, 0.25) is 10.0 Å². The highest BCUT2D eigenvalue weighted by Crippen LogP contribution is 2.25. The molecule has 4 N–H and O–H groups in total. The van der Waals surface area contributed by atoms with Gasteiger partial charge in [0.05, 0.1) is 13.7 Å². The van der Waals surface area contributed by atoms with Crippen molar-refractivity contribution in [1.29, 1.82) is 0 Å². The van der Waals surface area contributed by atoms with E-state index in [0.717, 1.165) is 13.0 Å². The lowest BCUT2D eigenvalue weighted by Gasteiger charge is -2.18. The summed E-state index contributed by atoms with van der Waals surface area (Å²) >= 11 is 0. The van der Waals surface area contributed by atoms with Crippen molar-refractivity contribution in [2.45, 2.75) is 37.3 Å². The summed E-state index contributed by atoms with van der Waals surface area (Å²) in [7, 11) is -2.61. The Bertz CT molecular complexity index is 757.